The van der Waals surface area contributed by atoms with Crippen LogP contribution >= 0.6 is 0 Å². The van der Waals surface area contributed by atoms with Crippen LogP contribution in [0.3, 0.4) is 0 Å². The third kappa shape index (κ3) is 1.21. The molecule has 52 valence electrons. The highest BCUT2D eigenvalue weighted by molar-refractivity contribution is 5.70. The maximum Gasteiger partial charge on any atom is 0.306 e. The predicted octanol–water partition coefficient (Wildman–Crippen LogP) is 0.0543. The number of hydrogen-bond acceptors (Lipinski definition) is 2. The predicted molar refractivity (Wildman–Crippen MR) is 32.9 cm³/mol. The average Bonchev–Trinajstić information content (AvgIpc) is 2.44. The first-order chi connectivity index (χ1) is 4.13. The Kier molecular flexibility index (Phi) is 1.45. The zero-order valence-corrected chi connectivity index (χ0v) is 5.37. The van der Waals surface area contributed by atoms with Crippen LogP contribution in [0.1, 0.15) is 13.3 Å². The summed E-state index contributed by atoms with van der Waals surface area (Å²) in [6.45, 7) is 1.71. The molecule has 0 spiro atoms. The fourth-order valence-corrected chi connectivity index (χ4v) is 0.994. The van der Waals surface area contributed by atoms with Crippen LogP contribution in [-0.2, 0) is 4.79 Å². The molecular weight excluding hydrogens is 118 g/mol. The minimum Gasteiger partial charge on any atom is -0.481 e. The van der Waals surface area contributed by atoms with E-state index in [0.717, 1.165) is 6.42 Å². The number of carboxylic acids is 1. The summed E-state index contributed by atoms with van der Waals surface area (Å²) in [6.07, 6.45) is 0.882. The zero-order valence-electron chi connectivity index (χ0n) is 5.37. The van der Waals surface area contributed by atoms with Gasteiger partial charge in [-0.05, 0) is 12.3 Å². The lowest BCUT2D eigenvalue weighted by atomic mass is 10.1. The Labute approximate surface area is 53.9 Å². The number of carbonyl (C=O) groups is 1. The van der Waals surface area contributed by atoms with Crippen molar-refractivity contribution in [3.63, 3.8) is 0 Å². The highest BCUT2D eigenvalue weighted by Gasteiger charge is 2.41. The third-order valence-electron chi connectivity index (χ3n) is 1.92. The number of hydrogen-bond donors (Lipinski definition) is 2. The van der Waals surface area contributed by atoms with Gasteiger partial charge in [-0.2, -0.15) is 0 Å². The van der Waals surface area contributed by atoms with E-state index < -0.39 is 5.97 Å². The van der Waals surface area contributed by atoms with E-state index in [1.165, 1.54) is 0 Å². The molecule has 3 nitrogen and oxygen atoms in total. The van der Waals surface area contributed by atoms with Gasteiger partial charge in [0, 0.05) is 6.04 Å². The lowest BCUT2D eigenvalue weighted by Crippen LogP contribution is -2.16. The monoisotopic (exact) mass is 129 g/mol. The number of nitrogens with two attached hydrogens (primary N) is 1. The van der Waals surface area contributed by atoms with Gasteiger partial charge in [0.25, 0.3) is 0 Å². The number of rotatable bonds is 2. The van der Waals surface area contributed by atoms with Gasteiger partial charge in [-0.15, -0.1) is 0 Å². The first-order valence-corrected chi connectivity index (χ1v) is 3.11. The second-order valence-electron chi connectivity index (χ2n) is 2.69. The van der Waals surface area contributed by atoms with Crippen molar-refractivity contribution in [1.82, 2.24) is 0 Å². The summed E-state index contributed by atoms with van der Waals surface area (Å²) in [5, 5.41) is 8.45. The Morgan fingerprint density at radius 3 is 2.44 bits per heavy atom. The molecule has 0 radical (unpaired) electrons. The van der Waals surface area contributed by atoms with Gasteiger partial charge in [0.15, 0.2) is 0 Å². The summed E-state index contributed by atoms with van der Waals surface area (Å²) in [5.74, 6) is -0.740. The van der Waals surface area contributed by atoms with Crippen LogP contribution in [0, 0.1) is 11.8 Å². The Bertz CT molecular complexity index is 135. The molecule has 0 amide bonds. The molecule has 0 unspecified atom stereocenters. The summed E-state index contributed by atoms with van der Waals surface area (Å²) < 4.78 is 0. The lowest BCUT2D eigenvalue weighted by Gasteiger charge is -2.00. The fourth-order valence-electron chi connectivity index (χ4n) is 0.994. The highest BCUT2D eigenvalue weighted by atomic mass is 16.4. The van der Waals surface area contributed by atoms with E-state index in [4.69, 9.17) is 10.8 Å². The molecule has 1 aliphatic rings. The highest BCUT2D eigenvalue weighted by Crippen LogP contribution is 2.35. The molecule has 3 heteroatoms. The van der Waals surface area contributed by atoms with Crippen LogP contribution in [0.2, 0.25) is 0 Å². The maximum absolute atomic E-state index is 10.3. The van der Waals surface area contributed by atoms with E-state index >= 15 is 0 Å². The molecule has 1 saturated carbocycles. The minimum atomic E-state index is -0.729. The smallest absolute Gasteiger partial charge is 0.306 e. The normalized spacial score (nSPS) is 35.8. The molecule has 0 aromatic rings. The molecule has 0 aliphatic heterocycles. The Hall–Kier alpha value is -0.570. The van der Waals surface area contributed by atoms with Crippen molar-refractivity contribution in [3.05, 3.63) is 0 Å². The van der Waals surface area contributed by atoms with Crippen molar-refractivity contribution in [2.75, 3.05) is 0 Å². The summed E-state index contributed by atoms with van der Waals surface area (Å²) in [5.41, 5.74) is 5.44. The van der Waals surface area contributed by atoms with Gasteiger partial charge in [-0.25, -0.2) is 0 Å². The van der Waals surface area contributed by atoms with Crippen LogP contribution in [0.5, 0.6) is 0 Å². The van der Waals surface area contributed by atoms with Gasteiger partial charge in [0.05, 0.1) is 5.92 Å². The van der Waals surface area contributed by atoms with E-state index in [9.17, 15) is 4.79 Å². The van der Waals surface area contributed by atoms with Gasteiger partial charge in [-0.1, -0.05) is 6.92 Å². The summed E-state index contributed by atoms with van der Waals surface area (Å²) in [4.78, 5) is 10.3. The van der Waals surface area contributed by atoms with Crippen LogP contribution in [-0.4, -0.2) is 17.1 Å². The average molecular weight is 129 g/mol. The van der Waals surface area contributed by atoms with Gasteiger partial charge in [0.2, 0.25) is 0 Å². The molecular formula is C6H11NO2. The largest absolute Gasteiger partial charge is 0.481 e. The van der Waals surface area contributed by atoms with E-state index in [0.29, 0.717) is 0 Å². The van der Waals surface area contributed by atoms with Gasteiger partial charge in [-0.3, -0.25) is 4.79 Å². The topological polar surface area (TPSA) is 63.3 Å². The molecule has 0 bridgehead atoms. The number of aliphatic carboxylic acids is 1. The van der Waals surface area contributed by atoms with E-state index in [1.807, 2.05) is 0 Å². The van der Waals surface area contributed by atoms with E-state index in [1.54, 1.807) is 6.92 Å². The first kappa shape index (κ1) is 6.55. The molecule has 0 aromatic carbocycles. The standard InChI is InChI=1S/C6H11NO2/c1-3(6(8)9)4-2-5(4)7/h3-5H,2,7H2,1H3,(H,8,9)/t3-,4+,5-/m1/s1. The maximum atomic E-state index is 10.3. The van der Waals surface area contributed by atoms with Crippen molar-refractivity contribution in [1.29, 1.82) is 0 Å². The van der Waals surface area contributed by atoms with Crippen LogP contribution in [0.15, 0.2) is 0 Å². The molecule has 3 atom stereocenters. The number of carboxylic acid groups (broad SMARTS) is 1. The fraction of sp³-hybridized carbons (Fsp3) is 0.833. The van der Waals surface area contributed by atoms with Crippen LogP contribution in [0.4, 0.5) is 0 Å². The molecule has 3 N–H and O–H groups in total. The lowest BCUT2D eigenvalue weighted by molar-refractivity contribution is -0.141. The third-order valence-corrected chi connectivity index (χ3v) is 1.92. The van der Waals surface area contributed by atoms with Crippen LogP contribution in [0.25, 0.3) is 0 Å². The summed E-state index contributed by atoms with van der Waals surface area (Å²) in [6, 6.07) is 0.149. The van der Waals surface area contributed by atoms with Crippen LogP contribution < -0.4 is 5.73 Å². The van der Waals surface area contributed by atoms with Gasteiger partial charge in [0.1, 0.15) is 0 Å². The Morgan fingerprint density at radius 1 is 1.89 bits per heavy atom. The summed E-state index contributed by atoms with van der Waals surface area (Å²) in [7, 11) is 0. The van der Waals surface area contributed by atoms with Crippen molar-refractivity contribution in [3.8, 4) is 0 Å². The van der Waals surface area contributed by atoms with E-state index in [2.05, 4.69) is 0 Å². The van der Waals surface area contributed by atoms with Crippen molar-refractivity contribution < 1.29 is 9.90 Å². The van der Waals surface area contributed by atoms with Gasteiger partial charge < -0.3 is 10.8 Å². The second kappa shape index (κ2) is 1.99. The molecule has 1 aliphatic carbocycles. The first-order valence-electron chi connectivity index (χ1n) is 3.11. The molecule has 0 aromatic heterocycles. The molecule has 9 heavy (non-hydrogen) atoms. The van der Waals surface area contributed by atoms with Crippen molar-refractivity contribution in [2.24, 2.45) is 17.6 Å². The molecule has 1 rings (SSSR count). The SMILES string of the molecule is C[C@@H](C(=O)O)[C@@H]1C[C@H]1N. The van der Waals surface area contributed by atoms with Crippen molar-refractivity contribution >= 4 is 5.97 Å². The Balaban J connectivity index is 2.36. The molecule has 1 fully saturated rings. The second-order valence-corrected chi connectivity index (χ2v) is 2.69. The zero-order chi connectivity index (χ0) is 7.02. The molecule has 0 heterocycles. The van der Waals surface area contributed by atoms with Gasteiger partial charge >= 0.3 is 5.97 Å². The quantitative estimate of drug-likeness (QED) is 0.554. The minimum absolute atomic E-state index is 0.149. The summed E-state index contributed by atoms with van der Waals surface area (Å²) >= 11 is 0. The van der Waals surface area contributed by atoms with Crippen molar-refractivity contribution in [2.45, 2.75) is 19.4 Å². The molecule has 0 saturated heterocycles. The van der Waals surface area contributed by atoms with E-state index in [-0.39, 0.29) is 17.9 Å². The Morgan fingerprint density at radius 2 is 2.33 bits per heavy atom.